The number of aromatic nitrogens is 3. The van der Waals surface area contributed by atoms with Gasteiger partial charge in [0.2, 0.25) is 17.7 Å². The van der Waals surface area contributed by atoms with Gasteiger partial charge in [0, 0.05) is 87.0 Å². The van der Waals surface area contributed by atoms with Crippen LogP contribution in [0.3, 0.4) is 0 Å². The van der Waals surface area contributed by atoms with Crippen LogP contribution in [-0.4, -0.2) is 209 Å². The Hall–Kier alpha value is -5.77. The first kappa shape index (κ1) is 76.2. The van der Waals surface area contributed by atoms with Gasteiger partial charge in [0.15, 0.2) is 18.3 Å². The summed E-state index contributed by atoms with van der Waals surface area (Å²) >= 11 is 0. The van der Waals surface area contributed by atoms with E-state index in [2.05, 4.69) is 30.4 Å². The number of nitrogens with zero attached hydrogens (tertiary/aromatic N) is 3. The number of carbonyl (C=O) groups is 10. The van der Waals surface area contributed by atoms with Crippen molar-refractivity contribution in [2.45, 2.75) is 131 Å². The number of hydrogen-bond acceptors (Lipinski definition) is 22. The molecule has 0 saturated heterocycles. The highest BCUT2D eigenvalue weighted by Gasteiger charge is 2.31. The molecule has 0 spiro atoms. The Morgan fingerprint density at radius 1 is 0.589 bits per heavy atom. The van der Waals surface area contributed by atoms with Gasteiger partial charge in [-0.25, -0.2) is 23.2 Å². The first-order valence-electron chi connectivity index (χ1n) is 21.3. The molecule has 1 aromatic rings. The highest BCUT2D eigenvalue weighted by Crippen LogP contribution is 2.09. The highest BCUT2D eigenvalue weighted by atomic mass is 32.3. The fourth-order valence-electron chi connectivity index (χ4n) is 4.79. The molecule has 14 N–H and O–H groups in total. The van der Waals surface area contributed by atoms with Gasteiger partial charge in [-0.3, -0.25) is 18.9 Å². The van der Waals surface area contributed by atoms with E-state index in [0.717, 1.165) is 6.29 Å². The number of amides is 3. The topological polar surface area (TPSA) is 503 Å². The van der Waals surface area contributed by atoms with E-state index in [-0.39, 0.29) is 78.1 Å². The maximum atomic E-state index is 11.3. The van der Waals surface area contributed by atoms with Crippen LogP contribution >= 0.6 is 0 Å². The summed E-state index contributed by atoms with van der Waals surface area (Å²) in [6, 6.07) is 0. The van der Waals surface area contributed by atoms with E-state index in [0.29, 0.717) is 31.0 Å². The smallest absolute Gasteiger partial charge is 0.397 e. The van der Waals surface area contributed by atoms with E-state index in [1.165, 1.54) is 25.5 Å². The van der Waals surface area contributed by atoms with E-state index in [1.54, 1.807) is 27.0 Å². The van der Waals surface area contributed by atoms with Crippen LogP contribution in [0.4, 0.5) is 0 Å². The zero-order chi connectivity index (χ0) is 55.8. The Labute approximate surface area is 422 Å². The average molecular weight is 1080 g/mol. The molecule has 73 heavy (non-hydrogen) atoms. The Morgan fingerprint density at radius 2 is 0.918 bits per heavy atom. The maximum Gasteiger partial charge on any atom is 0.397 e. The second kappa shape index (κ2) is 40.7. The summed E-state index contributed by atoms with van der Waals surface area (Å²) in [5.74, 6) is -8.61. The monoisotopic (exact) mass is 1080 g/mol. The Bertz CT molecular complexity index is 1780. The Morgan fingerprint density at radius 3 is 1.23 bits per heavy atom. The van der Waals surface area contributed by atoms with Crippen molar-refractivity contribution in [3.8, 4) is 0 Å². The molecule has 0 bridgehead atoms. The fourth-order valence-corrected chi connectivity index (χ4v) is 5.08. The minimum absolute atomic E-state index is 0. The first-order valence-corrected chi connectivity index (χ1v) is 22.7. The third kappa shape index (κ3) is 37.6. The number of aliphatic hydroxyl groups excluding tert-OH is 7. The number of carbonyl (C=O) groups excluding carboxylic acids is 7. The lowest BCUT2D eigenvalue weighted by Gasteiger charge is -2.21. The number of carboxylic acids is 3. The number of aldehydes is 4. The van der Waals surface area contributed by atoms with Crippen LogP contribution < -0.4 is 16.0 Å². The predicted molar refractivity (Wildman–Crippen MR) is 252 cm³/mol. The highest BCUT2D eigenvalue weighted by molar-refractivity contribution is 7.80. The van der Waals surface area contributed by atoms with Crippen LogP contribution in [0.5, 0.6) is 0 Å². The minimum Gasteiger partial charge on any atom is -0.479 e. The molecule has 0 saturated carbocycles. The van der Waals surface area contributed by atoms with Crippen molar-refractivity contribution in [3.05, 3.63) is 11.9 Å². The lowest BCUT2D eigenvalue weighted by atomic mass is 9.99. The summed E-state index contributed by atoms with van der Waals surface area (Å²) in [6.45, 7) is 9.02. The molecule has 0 aliphatic heterocycles. The third-order valence-corrected chi connectivity index (χ3v) is 9.63. The molecule has 424 valence electrons. The van der Waals surface area contributed by atoms with Crippen LogP contribution in [0.1, 0.15) is 81.4 Å². The number of carboxylic acid groups (broad SMARTS) is 3. The van der Waals surface area contributed by atoms with Crippen molar-refractivity contribution in [2.24, 2.45) is 35.5 Å². The lowest BCUT2D eigenvalue weighted by Crippen LogP contribution is -2.47. The van der Waals surface area contributed by atoms with Gasteiger partial charge in [-0.05, 0) is 0 Å². The molecule has 1 rings (SSSR count). The van der Waals surface area contributed by atoms with Crippen LogP contribution in [0, 0.1) is 35.5 Å². The molecular formula is C42H76N6O24S. The van der Waals surface area contributed by atoms with Crippen LogP contribution in [0.15, 0.2) is 6.20 Å². The Kier molecular flexibility index (Phi) is 42.4. The van der Waals surface area contributed by atoms with Crippen LogP contribution in [0.25, 0.3) is 0 Å². The molecule has 0 aliphatic rings. The van der Waals surface area contributed by atoms with Gasteiger partial charge in [0.1, 0.15) is 37.4 Å². The first-order chi connectivity index (χ1) is 32.8. The van der Waals surface area contributed by atoms with E-state index in [4.69, 9.17) is 35.2 Å². The third-order valence-electron chi connectivity index (χ3n) is 9.16. The zero-order valence-corrected chi connectivity index (χ0v) is 40.5. The van der Waals surface area contributed by atoms with Gasteiger partial charge in [-0.2, -0.15) is 8.42 Å². The van der Waals surface area contributed by atoms with Gasteiger partial charge in [-0.1, -0.05) is 61.6 Å². The number of aliphatic carboxylic acids is 3. The standard InChI is InChI=1S/2C11H19NO6.C10H17NO7.C8H13N3O5S.2CH4/c2*1-6(5-13)3-8(14)12-4-7(2)9(15)10(16)11(17)18;1-5(4-12)2-7(14)11-3-6(13)8(15)9(16)10(17)18;1-7(6-12)4-8-5-11(10-9-8)2-3-16-17(13,14)15;;/h2*5-7,9-10,15-16H,3-4H2,1-2H3,(H,12,14)(H,17,18);4-6,8-9,13,15-16H,2-3H2,1H3,(H,11,14)(H,17,18);5-7H,2-4H2,1H3,(H,13,14,15);2*1H4/t6-,7-,9+,10+;;5-,6-,8+,9-;7-;;/m0.00../s1. The van der Waals surface area contributed by atoms with Crippen molar-refractivity contribution in [1.82, 2.24) is 30.9 Å². The second-order valence-corrected chi connectivity index (χ2v) is 17.3. The summed E-state index contributed by atoms with van der Waals surface area (Å²) in [4.78, 5) is 106. The number of nitrogens with one attached hydrogen (secondary N) is 3. The summed E-state index contributed by atoms with van der Waals surface area (Å²) < 4.78 is 34.3. The summed E-state index contributed by atoms with van der Waals surface area (Å²) in [7, 11) is -4.42. The summed E-state index contributed by atoms with van der Waals surface area (Å²) in [5, 5.41) is 105. The molecule has 13 atom stereocenters. The number of rotatable bonds is 31. The summed E-state index contributed by atoms with van der Waals surface area (Å²) in [5.41, 5.74) is 0.636. The zero-order valence-electron chi connectivity index (χ0n) is 39.7. The second-order valence-electron chi connectivity index (χ2n) is 16.2. The summed E-state index contributed by atoms with van der Waals surface area (Å²) in [6.07, 6.45) is -7.57. The van der Waals surface area contributed by atoms with Gasteiger partial charge < -0.3 is 86.2 Å². The minimum atomic E-state index is -4.42. The fraction of sp³-hybridized carbons (Fsp3) is 0.714. The number of hydrogen-bond donors (Lipinski definition) is 14. The van der Waals surface area contributed by atoms with E-state index < -0.39 is 113 Å². The maximum absolute atomic E-state index is 11.3. The normalized spacial score (nSPS) is 16.0. The van der Waals surface area contributed by atoms with Crippen LogP contribution in [-0.2, 0) is 75.5 Å². The van der Waals surface area contributed by atoms with Crippen molar-refractivity contribution in [1.29, 1.82) is 0 Å². The Balaban J connectivity index is -0.000000279. The molecule has 1 heterocycles. The average Bonchev–Trinajstić information content (AvgIpc) is 3.76. The van der Waals surface area contributed by atoms with Gasteiger partial charge in [-0.15, -0.1) is 5.10 Å². The van der Waals surface area contributed by atoms with E-state index in [1.807, 2.05) is 0 Å². The van der Waals surface area contributed by atoms with Crippen LogP contribution in [0.2, 0.25) is 0 Å². The molecule has 0 aromatic carbocycles. The molecule has 3 amide bonds. The molecule has 1 aromatic heterocycles. The quantitative estimate of drug-likeness (QED) is 0.0248. The lowest BCUT2D eigenvalue weighted by molar-refractivity contribution is -0.158. The predicted octanol–water partition coefficient (Wildman–Crippen LogP) is -4.22. The van der Waals surface area contributed by atoms with Gasteiger partial charge in [0.05, 0.1) is 31.1 Å². The molecule has 30 nitrogen and oxygen atoms in total. The molecule has 4 unspecified atom stereocenters. The van der Waals surface area contributed by atoms with E-state index >= 15 is 0 Å². The van der Waals surface area contributed by atoms with Crippen molar-refractivity contribution >= 4 is 71.2 Å². The van der Waals surface area contributed by atoms with Crippen molar-refractivity contribution < 1.29 is 116 Å². The van der Waals surface area contributed by atoms with Crippen molar-refractivity contribution in [2.75, 3.05) is 26.2 Å². The largest absolute Gasteiger partial charge is 0.479 e. The van der Waals surface area contributed by atoms with Gasteiger partial charge >= 0.3 is 28.3 Å². The molecular weight excluding hydrogens is 1000 g/mol. The molecule has 0 fully saturated rings. The SMILES string of the molecule is C.C.CC(C=O)CC(=O)NCC(C)C(O)C(O)C(=O)O.C[C@H](C=O)CC(=O)NC[C@H](C)[C@@H](O)[C@@H](O)C(=O)O.C[C@H](C=O)CC(=O)NC[C@H](O)[C@@H](O)[C@H](O)C(=O)O.C[C@H](C=O)Cc1cn(CCOS(=O)(=O)O)nn1. The number of aliphatic hydroxyl groups is 7. The molecule has 31 heteroatoms. The molecule has 0 radical (unpaired) electrons. The van der Waals surface area contributed by atoms with Gasteiger partial charge in [0.25, 0.3) is 0 Å². The van der Waals surface area contributed by atoms with Crippen molar-refractivity contribution in [3.63, 3.8) is 0 Å². The van der Waals surface area contributed by atoms with E-state index in [9.17, 15) is 76.8 Å². The molecule has 0 aliphatic carbocycles.